The first-order valence-electron chi connectivity index (χ1n) is 9.36. The Balaban J connectivity index is 0.00000364. The van der Waals surface area contributed by atoms with Crippen LogP contribution in [0.2, 0.25) is 0 Å². The molecule has 27 heavy (non-hydrogen) atoms. The molecule has 2 atom stereocenters. The maximum Gasteiger partial charge on any atom is 0.193 e. The lowest BCUT2D eigenvalue weighted by Crippen LogP contribution is -2.42. The molecule has 1 saturated heterocycles. The fourth-order valence-corrected chi connectivity index (χ4v) is 3.87. The Labute approximate surface area is 183 Å². The van der Waals surface area contributed by atoms with E-state index in [1.54, 1.807) is 0 Å². The predicted octanol–water partition coefficient (Wildman–Crippen LogP) is 3.27. The van der Waals surface area contributed by atoms with Crippen LogP contribution in [0.3, 0.4) is 0 Å². The average molecular weight is 507 g/mol. The first-order valence-corrected chi connectivity index (χ1v) is 10.7. The molecular formula is C20H34IN3O2S. The molecule has 1 aromatic carbocycles. The SMILES string of the molecule is CN=C(NCCS(=O)C(C)(C)C)N1CCC(COCc2ccccc2)C1.I. The Hall–Kier alpha value is -0.670. The number of rotatable bonds is 7. The molecule has 2 rings (SSSR count). The fraction of sp³-hybridized carbons (Fsp3) is 0.650. The third kappa shape index (κ3) is 8.48. The van der Waals surface area contributed by atoms with Gasteiger partial charge in [0.05, 0.1) is 13.2 Å². The van der Waals surface area contributed by atoms with Crippen LogP contribution < -0.4 is 5.32 Å². The second kappa shape index (κ2) is 12.0. The number of guanidine groups is 1. The van der Waals surface area contributed by atoms with Crippen LogP contribution in [0.5, 0.6) is 0 Å². The summed E-state index contributed by atoms with van der Waals surface area (Å²) < 4.78 is 17.9. The second-order valence-corrected chi connectivity index (χ2v) is 10.1. The number of nitrogens with zero attached hydrogens (tertiary/aromatic N) is 2. The molecule has 1 N–H and O–H groups in total. The van der Waals surface area contributed by atoms with Gasteiger partial charge in [-0.05, 0) is 32.8 Å². The Morgan fingerprint density at radius 2 is 2.04 bits per heavy atom. The van der Waals surface area contributed by atoms with Gasteiger partial charge in [-0.25, -0.2) is 0 Å². The molecule has 0 aliphatic carbocycles. The van der Waals surface area contributed by atoms with Gasteiger partial charge >= 0.3 is 0 Å². The summed E-state index contributed by atoms with van der Waals surface area (Å²) in [5, 5.41) is 3.36. The zero-order valence-electron chi connectivity index (χ0n) is 16.9. The van der Waals surface area contributed by atoms with Crippen molar-refractivity contribution in [1.29, 1.82) is 0 Å². The van der Waals surface area contributed by atoms with Crippen molar-refractivity contribution in [3.05, 3.63) is 35.9 Å². The Kier molecular flexibility index (Phi) is 10.8. The monoisotopic (exact) mass is 507 g/mol. The number of likely N-dealkylation sites (tertiary alicyclic amines) is 1. The minimum absolute atomic E-state index is 0. The molecule has 1 aliphatic rings. The first kappa shape index (κ1) is 24.4. The summed E-state index contributed by atoms with van der Waals surface area (Å²) in [5.41, 5.74) is 1.21. The van der Waals surface area contributed by atoms with Crippen molar-refractivity contribution >= 4 is 40.7 Å². The molecule has 2 unspecified atom stereocenters. The van der Waals surface area contributed by atoms with Crippen molar-refractivity contribution in [2.75, 3.05) is 39.0 Å². The van der Waals surface area contributed by atoms with Crippen LogP contribution in [0, 0.1) is 5.92 Å². The van der Waals surface area contributed by atoms with Gasteiger partial charge in [0.25, 0.3) is 0 Å². The van der Waals surface area contributed by atoms with E-state index in [2.05, 4.69) is 27.3 Å². The van der Waals surface area contributed by atoms with E-state index in [4.69, 9.17) is 4.74 Å². The highest BCUT2D eigenvalue weighted by atomic mass is 127. The number of hydrogen-bond donors (Lipinski definition) is 1. The summed E-state index contributed by atoms with van der Waals surface area (Å²) in [6, 6.07) is 10.3. The van der Waals surface area contributed by atoms with Crippen LogP contribution in [0.25, 0.3) is 0 Å². The lowest BCUT2D eigenvalue weighted by atomic mass is 10.1. The maximum atomic E-state index is 12.1. The number of nitrogens with one attached hydrogen (secondary N) is 1. The molecule has 0 spiro atoms. The van der Waals surface area contributed by atoms with Crippen LogP contribution in [-0.2, 0) is 22.1 Å². The van der Waals surface area contributed by atoms with Crippen LogP contribution in [0.15, 0.2) is 35.3 Å². The van der Waals surface area contributed by atoms with E-state index in [1.165, 1.54) is 5.56 Å². The summed E-state index contributed by atoms with van der Waals surface area (Å²) in [7, 11) is 0.965. The topological polar surface area (TPSA) is 53.9 Å². The molecule has 154 valence electrons. The lowest BCUT2D eigenvalue weighted by Gasteiger charge is -2.23. The molecule has 0 saturated carbocycles. The van der Waals surface area contributed by atoms with Crippen molar-refractivity contribution in [2.24, 2.45) is 10.9 Å². The largest absolute Gasteiger partial charge is 0.376 e. The Morgan fingerprint density at radius 1 is 1.33 bits per heavy atom. The quantitative estimate of drug-likeness (QED) is 0.350. The van der Waals surface area contributed by atoms with Crippen LogP contribution in [0.1, 0.15) is 32.8 Å². The smallest absolute Gasteiger partial charge is 0.193 e. The minimum Gasteiger partial charge on any atom is -0.376 e. The van der Waals surface area contributed by atoms with Crippen molar-refractivity contribution in [2.45, 2.75) is 38.5 Å². The molecule has 0 aromatic heterocycles. The summed E-state index contributed by atoms with van der Waals surface area (Å²) in [6.45, 7) is 10.1. The zero-order chi connectivity index (χ0) is 19.0. The standard InChI is InChI=1S/C20H33N3O2S.HI/c1-20(2,3)26(24)13-11-22-19(21-4)23-12-10-18(14-23)16-25-15-17-8-6-5-7-9-17;/h5-9,18H,10-16H2,1-4H3,(H,21,22);1H. The molecular weight excluding hydrogens is 473 g/mol. The summed E-state index contributed by atoms with van der Waals surface area (Å²) >= 11 is 0. The number of ether oxygens (including phenoxy) is 1. The van der Waals surface area contributed by atoms with Crippen molar-refractivity contribution in [3.63, 3.8) is 0 Å². The third-order valence-electron chi connectivity index (χ3n) is 4.52. The van der Waals surface area contributed by atoms with Crippen molar-refractivity contribution in [1.82, 2.24) is 10.2 Å². The first-order chi connectivity index (χ1) is 12.4. The van der Waals surface area contributed by atoms with E-state index in [9.17, 15) is 4.21 Å². The minimum atomic E-state index is -0.843. The molecule has 1 aliphatic heterocycles. The second-order valence-electron chi connectivity index (χ2n) is 7.74. The third-order valence-corrected chi connectivity index (χ3v) is 6.46. The Morgan fingerprint density at radius 3 is 2.67 bits per heavy atom. The molecule has 7 heteroatoms. The highest BCUT2D eigenvalue weighted by Gasteiger charge is 2.25. The van der Waals surface area contributed by atoms with Gasteiger partial charge < -0.3 is 15.0 Å². The fourth-order valence-electron chi connectivity index (χ4n) is 2.97. The number of aliphatic imine (C=N–C) groups is 1. The van der Waals surface area contributed by atoms with Gasteiger partial charge in [0.1, 0.15) is 0 Å². The van der Waals surface area contributed by atoms with E-state index >= 15 is 0 Å². The van der Waals surface area contributed by atoms with Gasteiger partial charge in [-0.2, -0.15) is 0 Å². The highest BCUT2D eigenvalue weighted by Crippen LogP contribution is 2.17. The number of halogens is 1. The highest BCUT2D eigenvalue weighted by molar-refractivity contribution is 14.0. The summed E-state index contributed by atoms with van der Waals surface area (Å²) in [4.78, 5) is 6.66. The van der Waals surface area contributed by atoms with E-state index in [-0.39, 0.29) is 28.7 Å². The van der Waals surface area contributed by atoms with E-state index in [0.29, 0.717) is 24.8 Å². The van der Waals surface area contributed by atoms with Crippen LogP contribution >= 0.6 is 24.0 Å². The molecule has 1 heterocycles. The number of benzene rings is 1. The maximum absolute atomic E-state index is 12.1. The average Bonchev–Trinajstić information content (AvgIpc) is 3.07. The normalized spacial score (nSPS) is 18.9. The predicted molar refractivity (Wildman–Crippen MR) is 125 cm³/mol. The molecule has 5 nitrogen and oxygen atoms in total. The van der Waals surface area contributed by atoms with Crippen LogP contribution in [-0.4, -0.2) is 58.9 Å². The van der Waals surface area contributed by atoms with Gasteiger partial charge in [0, 0.05) is 53.9 Å². The molecule has 1 aromatic rings. The van der Waals surface area contributed by atoms with Gasteiger partial charge in [-0.3, -0.25) is 9.20 Å². The van der Waals surface area contributed by atoms with Gasteiger partial charge in [-0.15, -0.1) is 24.0 Å². The zero-order valence-corrected chi connectivity index (χ0v) is 20.1. The van der Waals surface area contributed by atoms with Gasteiger partial charge in [-0.1, -0.05) is 30.3 Å². The van der Waals surface area contributed by atoms with E-state index in [1.807, 2.05) is 46.0 Å². The van der Waals surface area contributed by atoms with Crippen LogP contribution in [0.4, 0.5) is 0 Å². The lowest BCUT2D eigenvalue weighted by molar-refractivity contribution is 0.0907. The van der Waals surface area contributed by atoms with Gasteiger partial charge in [0.2, 0.25) is 0 Å². The number of hydrogen-bond acceptors (Lipinski definition) is 3. The van der Waals surface area contributed by atoms with Crippen molar-refractivity contribution in [3.8, 4) is 0 Å². The molecule has 0 amide bonds. The summed E-state index contributed by atoms with van der Waals surface area (Å²) in [6.07, 6.45) is 1.11. The van der Waals surface area contributed by atoms with E-state index in [0.717, 1.165) is 32.1 Å². The molecule has 0 radical (unpaired) electrons. The van der Waals surface area contributed by atoms with E-state index < -0.39 is 10.8 Å². The molecule has 0 bridgehead atoms. The van der Waals surface area contributed by atoms with Gasteiger partial charge in [0.15, 0.2) is 5.96 Å². The molecule has 1 fully saturated rings. The Bertz CT molecular complexity index is 605. The van der Waals surface area contributed by atoms with Crippen molar-refractivity contribution < 1.29 is 8.95 Å². The summed E-state index contributed by atoms with van der Waals surface area (Å²) in [5.74, 6) is 2.07.